The largest absolute Gasteiger partial charge is 0.384 e. The third-order valence-electron chi connectivity index (χ3n) is 2.17. The van der Waals surface area contributed by atoms with Crippen LogP contribution in [-0.4, -0.2) is 32.7 Å². The van der Waals surface area contributed by atoms with Gasteiger partial charge in [-0.25, -0.2) is 0 Å². The summed E-state index contributed by atoms with van der Waals surface area (Å²) in [6, 6.07) is 5.18. The maximum absolute atomic E-state index is 11.4. The zero-order valence-electron chi connectivity index (χ0n) is 10.1. The minimum Gasteiger partial charge on any atom is -0.384 e. The Kier molecular flexibility index (Phi) is 6.86. The van der Waals surface area contributed by atoms with E-state index in [4.69, 9.17) is 27.9 Å². The van der Waals surface area contributed by atoms with Crippen LogP contribution >= 0.6 is 23.2 Å². The lowest BCUT2D eigenvalue weighted by atomic mass is 10.3. The van der Waals surface area contributed by atoms with E-state index in [0.717, 1.165) is 5.69 Å². The minimum atomic E-state index is -0.0207. The number of methoxy groups -OCH3 is 1. The molecule has 18 heavy (non-hydrogen) atoms. The molecule has 0 aliphatic rings. The highest BCUT2D eigenvalue weighted by Crippen LogP contribution is 2.22. The second-order valence-electron chi connectivity index (χ2n) is 3.68. The van der Waals surface area contributed by atoms with Crippen LogP contribution in [0.4, 0.5) is 5.69 Å². The molecular weight excluding hydrogens is 275 g/mol. The molecule has 0 atom stereocenters. The number of hydrogen-bond acceptors (Lipinski definition) is 3. The molecule has 4 nitrogen and oxygen atoms in total. The second kappa shape index (κ2) is 8.19. The minimum absolute atomic E-state index is 0.0207. The molecular formula is C12H16Cl2N2O2. The molecule has 2 N–H and O–H groups in total. The van der Waals surface area contributed by atoms with Gasteiger partial charge < -0.3 is 15.4 Å². The van der Waals surface area contributed by atoms with Crippen LogP contribution < -0.4 is 10.6 Å². The van der Waals surface area contributed by atoms with E-state index in [0.29, 0.717) is 36.2 Å². The first-order valence-corrected chi connectivity index (χ1v) is 6.33. The van der Waals surface area contributed by atoms with Crippen LogP contribution in [0.5, 0.6) is 0 Å². The maximum Gasteiger partial charge on any atom is 0.221 e. The first-order valence-electron chi connectivity index (χ1n) is 5.57. The highest BCUT2D eigenvalue weighted by molar-refractivity contribution is 6.35. The molecule has 0 fully saturated rings. The molecule has 0 aromatic heterocycles. The number of rotatable bonds is 7. The lowest BCUT2D eigenvalue weighted by Crippen LogP contribution is -2.28. The summed E-state index contributed by atoms with van der Waals surface area (Å²) in [5, 5.41) is 6.95. The zero-order valence-corrected chi connectivity index (χ0v) is 11.6. The van der Waals surface area contributed by atoms with Gasteiger partial charge in [-0.05, 0) is 18.2 Å². The van der Waals surface area contributed by atoms with Crippen molar-refractivity contribution < 1.29 is 9.53 Å². The molecule has 0 bridgehead atoms. The summed E-state index contributed by atoms with van der Waals surface area (Å²) in [5.41, 5.74) is 0.803. The van der Waals surface area contributed by atoms with Crippen molar-refractivity contribution in [3.05, 3.63) is 28.2 Å². The monoisotopic (exact) mass is 290 g/mol. The number of nitrogens with one attached hydrogen (secondary N) is 2. The number of carbonyl (C=O) groups is 1. The van der Waals surface area contributed by atoms with Crippen molar-refractivity contribution in [2.24, 2.45) is 0 Å². The number of ether oxygens (including phenoxy) is 1. The Hall–Kier alpha value is -0.970. The average Bonchev–Trinajstić information content (AvgIpc) is 2.28. The number of hydrogen-bond donors (Lipinski definition) is 2. The number of halogens is 2. The fourth-order valence-corrected chi connectivity index (χ4v) is 1.88. The Morgan fingerprint density at radius 1 is 1.22 bits per heavy atom. The number of benzene rings is 1. The fraction of sp³-hybridized carbons (Fsp3) is 0.417. The van der Waals surface area contributed by atoms with E-state index in [1.807, 2.05) is 0 Å². The molecule has 0 saturated heterocycles. The van der Waals surface area contributed by atoms with Gasteiger partial charge in [0, 0.05) is 42.4 Å². The summed E-state index contributed by atoms with van der Waals surface area (Å²) < 4.78 is 4.83. The quantitative estimate of drug-likeness (QED) is 0.759. The Labute approximate surface area is 117 Å². The summed E-state index contributed by atoms with van der Waals surface area (Å²) in [5.74, 6) is -0.0207. The van der Waals surface area contributed by atoms with Gasteiger partial charge in [0.25, 0.3) is 0 Å². The molecule has 0 aliphatic carbocycles. The van der Waals surface area contributed by atoms with Crippen molar-refractivity contribution in [1.82, 2.24) is 5.32 Å². The van der Waals surface area contributed by atoms with Gasteiger partial charge in [-0.3, -0.25) is 4.79 Å². The average molecular weight is 291 g/mol. The normalized spacial score (nSPS) is 10.2. The van der Waals surface area contributed by atoms with Crippen molar-refractivity contribution in [3.8, 4) is 0 Å². The summed E-state index contributed by atoms with van der Waals surface area (Å²) in [7, 11) is 1.59. The van der Waals surface area contributed by atoms with Crippen LogP contribution in [0.15, 0.2) is 18.2 Å². The van der Waals surface area contributed by atoms with Gasteiger partial charge in [-0.1, -0.05) is 23.2 Å². The highest BCUT2D eigenvalue weighted by atomic mass is 35.5. The Bertz CT molecular complexity index is 379. The standard InChI is InChI=1S/C12H16Cl2N2O2/c1-18-5-4-16-12(17)2-3-15-11-7-9(13)6-10(14)8-11/h6-8,15H,2-5H2,1H3,(H,16,17). The van der Waals surface area contributed by atoms with Gasteiger partial charge in [-0.2, -0.15) is 0 Å². The molecule has 0 unspecified atom stereocenters. The third kappa shape index (κ3) is 6.10. The van der Waals surface area contributed by atoms with Crippen molar-refractivity contribution in [1.29, 1.82) is 0 Å². The maximum atomic E-state index is 11.4. The Morgan fingerprint density at radius 2 is 1.89 bits per heavy atom. The molecule has 100 valence electrons. The first kappa shape index (κ1) is 15.1. The van der Waals surface area contributed by atoms with Gasteiger partial charge in [-0.15, -0.1) is 0 Å². The summed E-state index contributed by atoms with van der Waals surface area (Å²) in [6.45, 7) is 1.57. The van der Waals surface area contributed by atoms with Gasteiger partial charge in [0.2, 0.25) is 5.91 Å². The molecule has 1 amide bonds. The predicted octanol–water partition coefficient (Wildman–Crippen LogP) is 2.56. The fourth-order valence-electron chi connectivity index (χ4n) is 1.36. The van der Waals surface area contributed by atoms with Crippen molar-refractivity contribution in [2.75, 3.05) is 32.1 Å². The molecule has 1 aromatic carbocycles. The van der Waals surface area contributed by atoms with E-state index in [1.54, 1.807) is 25.3 Å². The summed E-state index contributed by atoms with van der Waals surface area (Å²) in [6.07, 6.45) is 0.383. The van der Waals surface area contributed by atoms with Gasteiger partial charge >= 0.3 is 0 Å². The molecule has 0 heterocycles. The van der Waals surface area contributed by atoms with Crippen LogP contribution in [-0.2, 0) is 9.53 Å². The highest BCUT2D eigenvalue weighted by Gasteiger charge is 2.01. The van der Waals surface area contributed by atoms with Crippen LogP contribution in [0.1, 0.15) is 6.42 Å². The molecule has 1 aromatic rings. The first-order chi connectivity index (χ1) is 8.61. The lowest BCUT2D eigenvalue weighted by Gasteiger charge is -2.08. The van der Waals surface area contributed by atoms with Crippen molar-refractivity contribution >= 4 is 34.8 Å². The summed E-state index contributed by atoms with van der Waals surface area (Å²) >= 11 is 11.7. The molecule has 6 heteroatoms. The van der Waals surface area contributed by atoms with Gasteiger partial charge in [0.1, 0.15) is 0 Å². The number of carbonyl (C=O) groups excluding carboxylic acids is 1. The lowest BCUT2D eigenvalue weighted by molar-refractivity contribution is -0.121. The van der Waals surface area contributed by atoms with Crippen molar-refractivity contribution in [2.45, 2.75) is 6.42 Å². The second-order valence-corrected chi connectivity index (χ2v) is 4.55. The topological polar surface area (TPSA) is 50.4 Å². The van der Waals surface area contributed by atoms with E-state index in [-0.39, 0.29) is 5.91 Å². The number of amides is 1. The van der Waals surface area contributed by atoms with E-state index < -0.39 is 0 Å². The molecule has 0 aliphatic heterocycles. The van der Waals surface area contributed by atoms with E-state index in [1.165, 1.54) is 0 Å². The van der Waals surface area contributed by atoms with Crippen LogP contribution in [0.25, 0.3) is 0 Å². The molecule has 0 spiro atoms. The van der Waals surface area contributed by atoms with E-state index in [2.05, 4.69) is 10.6 Å². The van der Waals surface area contributed by atoms with E-state index >= 15 is 0 Å². The smallest absolute Gasteiger partial charge is 0.221 e. The Balaban J connectivity index is 2.26. The van der Waals surface area contributed by atoms with Gasteiger partial charge in [0.05, 0.1) is 6.61 Å². The van der Waals surface area contributed by atoms with Crippen molar-refractivity contribution in [3.63, 3.8) is 0 Å². The zero-order chi connectivity index (χ0) is 13.4. The van der Waals surface area contributed by atoms with Gasteiger partial charge in [0.15, 0.2) is 0 Å². The SMILES string of the molecule is COCCNC(=O)CCNc1cc(Cl)cc(Cl)c1. The molecule has 1 rings (SSSR count). The molecule has 0 saturated carbocycles. The third-order valence-corrected chi connectivity index (χ3v) is 2.61. The summed E-state index contributed by atoms with van der Waals surface area (Å²) in [4.78, 5) is 11.4. The van der Waals surface area contributed by atoms with Crippen LogP contribution in [0, 0.1) is 0 Å². The Morgan fingerprint density at radius 3 is 2.50 bits per heavy atom. The predicted molar refractivity (Wildman–Crippen MR) is 74.5 cm³/mol. The van der Waals surface area contributed by atoms with Crippen LogP contribution in [0.3, 0.4) is 0 Å². The van der Waals surface area contributed by atoms with Crippen LogP contribution in [0.2, 0.25) is 10.0 Å². The molecule has 0 radical (unpaired) electrons. The number of anilines is 1. The van der Waals surface area contributed by atoms with E-state index in [9.17, 15) is 4.79 Å².